The van der Waals surface area contributed by atoms with Crippen LogP contribution in [0.3, 0.4) is 0 Å². The molecule has 0 spiro atoms. The molecule has 2 amide bonds. The molecule has 0 saturated carbocycles. The fourth-order valence-electron chi connectivity index (χ4n) is 4.07. The summed E-state index contributed by atoms with van der Waals surface area (Å²) >= 11 is 0. The van der Waals surface area contributed by atoms with Crippen molar-refractivity contribution in [3.63, 3.8) is 0 Å². The summed E-state index contributed by atoms with van der Waals surface area (Å²) < 4.78 is 0. The van der Waals surface area contributed by atoms with Crippen LogP contribution in [-0.2, 0) is 5.41 Å². The second-order valence-electron chi connectivity index (χ2n) is 6.64. The van der Waals surface area contributed by atoms with Crippen LogP contribution >= 0.6 is 0 Å². The van der Waals surface area contributed by atoms with Gasteiger partial charge in [-0.15, -0.1) is 0 Å². The standard InChI is InChI=1S/C17H25N3O/c1-18(2)16(21)20-12-10-17(14-7-5-4-6-8-14)9-11-19(3)15(17)13-20/h4-8,15H,9-13H2,1-3H3. The predicted octanol–water partition coefficient (Wildman–Crippen LogP) is 2.02. The van der Waals surface area contributed by atoms with Gasteiger partial charge in [0.15, 0.2) is 0 Å². The number of hydrogen-bond donors (Lipinski definition) is 0. The number of hydrogen-bond acceptors (Lipinski definition) is 2. The molecule has 4 heteroatoms. The maximum Gasteiger partial charge on any atom is 0.319 e. The van der Waals surface area contributed by atoms with Crippen molar-refractivity contribution in [1.29, 1.82) is 0 Å². The van der Waals surface area contributed by atoms with Crippen LogP contribution in [0.25, 0.3) is 0 Å². The zero-order chi connectivity index (χ0) is 15.0. The fraction of sp³-hybridized carbons (Fsp3) is 0.588. The van der Waals surface area contributed by atoms with Crippen LogP contribution in [-0.4, -0.2) is 67.5 Å². The second-order valence-corrected chi connectivity index (χ2v) is 6.64. The first kappa shape index (κ1) is 14.4. The van der Waals surface area contributed by atoms with E-state index in [2.05, 4.69) is 42.3 Å². The van der Waals surface area contributed by atoms with Crippen molar-refractivity contribution < 1.29 is 4.79 Å². The minimum absolute atomic E-state index is 0.136. The summed E-state index contributed by atoms with van der Waals surface area (Å²) in [5, 5.41) is 0. The Morgan fingerprint density at radius 1 is 1.19 bits per heavy atom. The van der Waals surface area contributed by atoms with E-state index in [1.165, 1.54) is 12.0 Å². The molecule has 2 unspecified atom stereocenters. The molecule has 0 aliphatic carbocycles. The molecule has 0 radical (unpaired) electrons. The summed E-state index contributed by atoms with van der Waals surface area (Å²) in [6, 6.07) is 11.4. The summed E-state index contributed by atoms with van der Waals surface area (Å²) in [6.45, 7) is 2.81. The first-order chi connectivity index (χ1) is 10.0. The highest BCUT2D eigenvalue weighted by Gasteiger charge is 2.50. The summed E-state index contributed by atoms with van der Waals surface area (Å²) in [6.07, 6.45) is 2.26. The fourth-order valence-corrected chi connectivity index (χ4v) is 4.07. The monoisotopic (exact) mass is 287 g/mol. The topological polar surface area (TPSA) is 26.8 Å². The Morgan fingerprint density at radius 3 is 2.52 bits per heavy atom. The Bertz CT molecular complexity index is 516. The highest BCUT2D eigenvalue weighted by molar-refractivity contribution is 5.74. The highest BCUT2D eigenvalue weighted by atomic mass is 16.2. The number of likely N-dealkylation sites (N-methyl/N-ethyl adjacent to an activating group) is 1. The Hall–Kier alpha value is -1.55. The summed E-state index contributed by atoms with van der Waals surface area (Å²) in [5.74, 6) is 0. The molecule has 0 aromatic heterocycles. The van der Waals surface area contributed by atoms with Crippen molar-refractivity contribution in [2.45, 2.75) is 24.3 Å². The number of likely N-dealkylation sites (tertiary alicyclic amines) is 2. The molecule has 2 heterocycles. The third-order valence-corrected chi connectivity index (χ3v) is 5.30. The van der Waals surface area contributed by atoms with E-state index in [-0.39, 0.29) is 11.4 Å². The minimum Gasteiger partial charge on any atom is -0.331 e. The van der Waals surface area contributed by atoms with Crippen molar-refractivity contribution in [1.82, 2.24) is 14.7 Å². The molecule has 21 heavy (non-hydrogen) atoms. The van der Waals surface area contributed by atoms with Gasteiger partial charge >= 0.3 is 6.03 Å². The largest absolute Gasteiger partial charge is 0.331 e. The average molecular weight is 287 g/mol. The van der Waals surface area contributed by atoms with Gasteiger partial charge in [0.25, 0.3) is 0 Å². The number of benzene rings is 1. The van der Waals surface area contributed by atoms with E-state index in [0.717, 1.165) is 26.1 Å². The number of nitrogens with zero attached hydrogens (tertiary/aromatic N) is 3. The molecule has 0 bridgehead atoms. The van der Waals surface area contributed by atoms with Gasteiger partial charge in [-0.1, -0.05) is 30.3 Å². The number of piperidine rings is 1. The number of carbonyl (C=O) groups excluding carboxylic acids is 1. The Kier molecular flexibility index (Phi) is 3.66. The molecule has 2 atom stereocenters. The molecule has 2 aliphatic heterocycles. The summed E-state index contributed by atoms with van der Waals surface area (Å²) in [4.78, 5) is 18.4. The van der Waals surface area contributed by atoms with Gasteiger partial charge in [0.05, 0.1) is 0 Å². The van der Waals surface area contributed by atoms with Crippen LogP contribution in [0.4, 0.5) is 4.79 Å². The van der Waals surface area contributed by atoms with Crippen LogP contribution in [0.15, 0.2) is 30.3 Å². The van der Waals surface area contributed by atoms with E-state index in [4.69, 9.17) is 0 Å². The molecule has 2 fully saturated rings. The van der Waals surface area contributed by atoms with Crippen LogP contribution in [0, 0.1) is 0 Å². The van der Waals surface area contributed by atoms with Gasteiger partial charge in [0.2, 0.25) is 0 Å². The zero-order valence-electron chi connectivity index (χ0n) is 13.2. The molecule has 4 nitrogen and oxygen atoms in total. The maximum absolute atomic E-state index is 12.3. The predicted molar refractivity (Wildman–Crippen MR) is 84.4 cm³/mol. The average Bonchev–Trinajstić information content (AvgIpc) is 2.85. The molecule has 2 aliphatic rings. The normalized spacial score (nSPS) is 29.3. The molecule has 3 rings (SSSR count). The van der Waals surface area contributed by atoms with Gasteiger partial charge in [0, 0.05) is 38.6 Å². The van der Waals surface area contributed by atoms with E-state index in [1.54, 1.807) is 4.90 Å². The SMILES string of the molecule is CN(C)C(=O)N1CCC2(c3ccccc3)CCN(C)C2C1. The van der Waals surface area contributed by atoms with Gasteiger partial charge < -0.3 is 14.7 Å². The van der Waals surface area contributed by atoms with Gasteiger partial charge in [-0.2, -0.15) is 0 Å². The third-order valence-electron chi connectivity index (χ3n) is 5.30. The third kappa shape index (κ3) is 2.31. The number of fused-ring (bicyclic) bond motifs is 1. The molecule has 1 aromatic carbocycles. The van der Waals surface area contributed by atoms with Crippen molar-refractivity contribution in [3.8, 4) is 0 Å². The Labute approximate surface area is 127 Å². The van der Waals surface area contributed by atoms with Crippen molar-refractivity contribution in [3.05, 3.63) is 35.9 Å². The lowest BCUT2D eigenvalue weighted by Gasteiger charge is -2.46. The molecule has 0 N–H and O–H groups in total. The first-order valence-electron chi connectivity index (χ1n) is 7.76. The second kappa shape index (κ2) is 5.34. The van der Waals surface area contributed by atoms with Crippen molar-refractivity contribution in [2.75, 3.05) is 40.8 Å². The van der Waals surface area contributed by atoms with Gasteiger partial charge in [-0.25, -0.2) is 4.79 Å². The van der Waals surface area contributed by atoms with E-state index in [1.807, 2.05) is 19.0 Å². The molecule has 2 saturated heterocycles. The molecular weight excluding hydrogens is 262 g/mol. The van der Waals surface area contributed by atoms with E-state index in [0.29, 0.717) is 6.04 Å². The van der Waals surface area contributed by atoms with Gasteiger partial charge in [0.1, 0.15) is 0 Å². The van der Waals surface area contributed by atoms with Gasteiger partial charge in [-0.3, -0.25) is 0 Å². The minimum atomic E-state index is 0.136. The lowest BCUT2D eigenvalue weighted by atomic mass is 9.69. The van der Waals surface area contributed by atoms with Crippen LogP contribution < -0.4 is 0 Å². The Balaban J connectivity index is 1.88. The van der Waals surface area contributed by atoms with Crippen molar-refractivity contribution >= 4 is 6.03 Å². The number of rotatable bonds is 1. The van der Waals surface area contributed by atoms with E-state index < -0.39 is 0 Å². The number of urea groups is 1. The smallest absolute Gasteiger partial charge is 0.319 e. The maximum atomic E-state index is 12.3. The number of carbonyl (C=O) groups is 1. The van der Waals surface area contributed by atoms with E-state index >= 15 is 0 Å². The lowest BCUT2D eigenvalue weighted by molar-refractivity contribution is 0.0982. The highest BCUT2D eigenvalue weighted by Crippen LogP contribution is 2.45. The molecule has 114 valence electrons. The van der Waals surface area contributed by atoms with Crippen LogP contribution in [0.1, 0.15) is 18.4 Å². The molecular formula is C17H25N3O. The summed E-state index contributed by atoms with van der Waals surface area (Å²) in [5.41, 5.74) is 1.66. The first-order valence-corrected chi connectivity index (χ1v) is 7.76. The van der Waals surface area contributed by atoms with Crippen LogP contribution in [0.2, 0.25) is 0 Å². The Morgan fingerprint density at radius 2 is 1.86 bits per heavy atom. The quantitative estimate of drug-likeness (QED) is 0.790. The number of amides is 2. The van der Waals surface area contributed by atoms with E-state index in [9.17, 15) is 4.79 Å². The van der Waals surface area contributed by atoms with Crippen molar-refractivity contribution in [2.24, 2.45) is 0 Å². The lowest BCUT2D eigenvalue weighted by Crippen LogP contribution is -2.57. The molecule has 1 aromatic rings. The van der Waals surface area contributed by atoms with Gasteiger partial charge in [-0.05, 0) is 32.0 Å². The summed E-state index contributed by atoms with van der Waals surface area (Å²) in [7, 11) is 5.86. The zero-order valence-corrected chi connectivity index (χ0v) is 13.2. The van der Waals surface area contributed by atoms with Crippen LogP contribution in [0.5, 0.6) is 0 Å².